The smallest absolute Gasteiger partial charge is 0.191 e. The molecule has 2 aliphatic heterocycles. The van der Waals surface area contributed by atoms with Crippen molar-refractivity contribution in [1.82, 2.24) is 15.5 Å². The molecule has 2 heterocycles. The first-order valence-electron chi connectivity index (χ1n) is 8.51. The van der Waals surface area contributed by atoms with Gasteiger partial charge in [0.2, 0.25) is 0 Å². The number of nitrogens with one attached hydrogen (secondary N) is 2. The van der Waals surface area contributed by atoms with E-state index in [0.29, 0.717) is 24.3 Å². The van der Waals surface area contributed by atoms with E-state index in [4.69, 9.17) is 4.74 Å². The Morgan fingerprint density at radius 1 is 1.30 bits per heavy atom. The molecule has 4 atom stereocenters. The molecule has 1 aromatic rings. The van der Waals surface area contributed by atoms with E-state index in [2.05, 4.69) is 65.0 Å². The van der Waals surface area contributed by atoms with Gasteiger partial charge in [-0.3, -0.25) is 4.99 Å². The van der Waals surface area contributed by atoms with Crippen molar-refractivity contribution >= 4 is 5.96 Å². The summed E-state index contributed by atoms with van der Waals surface area (Å²) in [4.78, 5) is 6.61. The first-order chi connectivity index (χ1) is 11.2. The minimum atomic E-state index is 0.311. The van der Waals surface area contributed by atoms with Gasteiger partial charge in [-0.25, -0.2) is 0 Å². The van der Waals surface area contributed by atoms with Crippen LogP contribution in [0.4, 0.5) is 0 Å². The number of hydrogen-bond acceptors (Lipinski definition) is 3. The van der Waals surface area contributed by atoms with Crippen LogP contribution in [0.2, 0.25) is 0 Å². The van der Waals surface area contributed by atoms with Crippen LogP contribution in [-0.4, -0.2) is 56.8 Å². The Morgan fingerprint density at radius 2 is 2.09 bits per heavy atom. The maximum Gasteiger partial charge on any atom is 0.191 e. The number of hydrogen-bond donors (Lipinski definition) is 2. The number of guanidine groups is 1. The zero-order chi connectivity index (χ0) is 16.2. The third-order valence-corrected chi connectivity index (χ3v) is 4.92. The molecule has 1 aromatic carbocycles. The molecular formula is C18H28N4O. The molecule has 2 fully saturated rings. The lowest BCUT2D eigenvalue weighted by Crippen LogP contribution is -2.49. The highest BCUT2D eigenvalue weighted by Gasteiger charge is 2.41. The lowest BCUT2D eigenvalue weighted by Gasteiger charge is -2.27. The summed E-state index contributed by atoms with van der Waals surface area (Å²) in [7, 11) is 6.05. The molecule has 0 saturated carbocycles. The van der Waals surface area contributed by atoms with Gasteiger partial charge in [0.1, 0.15) is 0 Å². The molecule has 0 amide bonds. The van der Waals surface area contributed by atoms with Gasteiger partial charge in [-0.1, -0.05) is 30.3 Å². The number of fused-ring (bicyclic) bond motifs is 2. The van der Waals surface area contributed by atoms with Crippen LogP contribution >= 0.6 is 0 Å². The molecule has 3 rings (SSSR count). The Hall–Kier alpha value is -1.59. The third-order valence-electron chi connectivity index (χ3n) is 4.92. The number of rotatable bonds is 5. The van der Waals surface area contributed by atoms with E-state index in [1.165, 1.54) is 18.4 Å². The molecule has 2 saturated heterocycles. The Bertz CT molecular complexity index is 531. The molecule has 5 nitrogen and oxygen atoms in total. The molecular weight excluding hydrogens is 288 g/mol. The van der Waals surface area contributed by atoms with Crippen molar-refractivity contribution in [3.63, 3.8) is 0 Å². The molecule has 0 spiro atoms. The number of likely N-dealkylation sites (N-methyl/N-ethyl adjacent to an activating group) is 1. The highest BCUT2D eigenvalue weighted by molar-refractivity contribution is 5.80. The van der Waals surface area contributed by atoms with Crippen LogP contribution < -0.4 is 10.6 Å². The van der Waals surface area contributed by atoms with Crippen molar-refractivity contribution < 1.29 is 4.74 Å². The Labute approximate surface area is 139 Å². The van der Waals surface area contributed by atoms with Gasteiger partial charge in [-0.15, -0.1) is 0 Å². The Balaban J connectivity index is 1.56. The van der Waals surface area contributed by atoms with Crippen LogP contribution in [0.1, 0.15) is 30.9 Å². The highest BCUT2D eigenvalue weighted by Crippen LogP contribution is 2.34. The average molecular weight is 316 g/mol. The van der Waals surface area contributed by atoms with Crippen molar-refractivity contribution in [1.29, 1.82) is 0 Å². The Morgan fingerprint density at radius 3 is 2.65 bits per heavy atom. The van der Waals surface area contributed by atoms with Gasteiger partial charge >= 0.3 is 0 Å². The molecule has 23 heavy (non-hydrogen) atoms. The largest absolute Gasteiger partial charge is 0.373 e. The van der Waals surface area contributed by atoms with E-state index in [-0.39, 0.29) is 0 Å². The Kier molecular flexibility index (Phi) is 5.18. The maximum absolute atomic E-state index is 5.91. The molecule has 4 unspecified atom stereocenters. The van der Waals surface area contributed by atoms with Crippen molar-refractivity contribution in [2.24, 2.45) is 4.99 Å². The summed E-state index contributed by atoms with van der Waals surface area (Å²) in [5.74, 6) is 0.869. The fraction of sp³-hybridized carbons (Fsp3) is 0.611. The second-order valence-electron chi connectivity index (χ2n) is 6.70. The van der Waals surface area contributed by atoms with Crippen LogP contribution in [0.5, 0.6) is 0 Å². The predicted octanol–water partition coefficient (Wildman–Crippen LogP) is 1.77. The minimum absolute atomic E-state index is 0.311. The van der Waals surface area contributed by atoms with Gasteiger partial charge in [0.15, 0.2) is 5.96 Å². The lowest BCUT2D eigenvalue weighted by molar-refractivity contribution is 0.0992. The summed E-state index contributed by atoms with van der Waals surface area (Å²) in [6.07, 6.45) is 4.29. The van der Waals surface area contributed by atoms with E-state index in [9.17, 15) is 0 Å². The van der Waals surface area contributed by atoms with Crippen molar-refractivity contribution in [3.05, 3.63) is 35.9 Å². The summed E-state index contributed by atoms with van der Waals surface area (Å²) in [5, 5.41) is 7.02. The maximum atomic E-state index is 5.91. The summed E-state index contributed by atoms with van der Waals surface area (Å²) in [5.41, 5.74) is 1.31. The molecule has 5 heteroatoms. The standard InChI is InChI=1S/C18H28N4O/c1-19-18(21-15-11-14-9-10-17(15)23-14)20-12-16(22(2)3)13-7-5-4-6-8-13/h4-8,14-17H,9-12H2,1-3H3,(H2,19,20,21). The van der Waals surface area contributed by atoms with Gasteiger partial charge in [-0.2, -0.15) is 0 Å². The van der Waals surface area contributed by atoms with Crippen LogP contribution in [0.25, 0.3) is 0 Å². The topological polar surface area (TPSA) is 48.9 Å². The summed E-state index contributed by atoms with van der Waals surface area (Å²) < 4.78 is 5.91. The summed E-state index contributed by atoms with van der Waals surface area (Å²) >= 11 is 0. The molecule has 2 aliphatic rings. The third kappa shape index (κ3) is 3.85. The minimum Gasteiger partial charge on any atom is -0.373 e. The quantitative estimate of drug-likeness (QED) is 0.642. The van der Waals surface area contributed by atoms with Gasteiger partial charge in [0.25, 0.3) is 0 Å². The first kappa shape index (κ1) is 16.3. The van der Waals surface area contributed by atoms with Crippen LogP contribution in [0, 0.1) is 0 Å². The average Bonchev–Trinajstić information content (AvgIpc) is 3.17. The number of nitrogens with zero attached hydrogens (tertiary/aromatic N) is 2. The molecule has 2 bridgehead atoms. The van der Waals surface area contributed by atoms with E-state index in [1.807, 2.05) is 7.05 Å². The number of aliphatic imine (C=N–C) groups is 1. The zero-order valence-corrected chi connectivity index (χ0v) is 14.3. The summed E-state index contributed by atoms with van der Waals surface area (Å²) in [6, 6.07) is 11.3. The van der Waals surface area contributed by atoms with Crippen LogP contribution in [-0.2, 0) is 4.74 Å². The van der Waals surface area contributed by atoms with Gasteiger partial charge < -0.3 is 20.3 Å². The van der Waals surface area contributed by atoms with Gasteiger partial charge in [0, 0.05) is 13.6 Å². The molecule has 0 radical (unpaired) electrons. The van der Waals surface area contributed by atoms with E-state index in [1.54, 1.807) is 0 Å². The van der Waals surface area contributed by atoms with Gasteiger partial charge in [-0.05, 0) is 38.9 Å². The van der Waals surface area contributed by atoms with E-state index >= 15 is 0 Å². The number of benzene rings is 1. The van der Waals surface area contributed by atoms with E-state index in [0.717, 1.165) is 18.9 Å². The monoisotopic (exact) mass is 316 g/mol. The molecule has 2 N–H and O–H groups in total. The first-order valence-corrected chi connectivity index (χ1v) is 8.51. The fourth-order valence-corrected chi connectivity index (χ4v) is 3.63. The molecule has 126 valence electrons. The second kappa shape index (κ2) is 7.32. The van der Waals surface area contributed by atoms with Crippen LogP contribution in [0.15, 0.2) is 35.3 Å². The van der Waals surface area contributed by atoms with Crippen LogP contribution in [0.3, 0.4) is 0 Å². The second-order valence-corrected chi connectivity index (χ2v) is 6.70. The molecule has 0 aliphatic carbocycles. The molecule has 0 aromatic heterocycles. The van der Waals surface area contributed by atoms with Crippen molar-refractivity contribution in [3.8, 4) is 0 Å². The summed E-state index contributed by atoms with van der Waals surface area (Å²) in [6.45, 7) is 0.818. The zero-order valence-electron chi connectivity index (χ0n) is 14.3. The lowest BCUT2D eigenvalue weighted by atomic mass is 9.96. The fourth-order valence-electron chi connectivity index (χ4n) is 3.63. The van der Waals surface area contributed by atoms with Crippen molar-refractivity contribution in [2.45, 2.75) is 43.6 Å². The SMILES string of the molecule is CN=C(NCC(c1ccccc1)N(C)C)NC1CC2CCC1O2. The highest BCUT2D eigenvalue weighted by atomic mass is 16.5. The number of ether oxygens (including phenoxy) is 1. The van der Waals surface area contributed by atoms with Crippen molar-refractivity contribution in [2.75, 3.05) is 27.7 Å². The normalized spacial score (nSPS) is 28.2. The van der Waals surface area contributed by atoms with E-state index < -0.39 is 0 Å². The van der Waals surface area contributed by atoms with Gasteiger partial charge in [0.05, 0.1) is 24.3 Å². The predicted molar refractivity (Wildman–Crippen MR) is 93.7 cm³/mol.